The second kappa shape index (κ2) is 7.83. The first-order chi connectivity index (χ1) is 13.3. The molecule has 0 fully saturated rings. The van der Waals surface area contributed by atoms with Crippen molar-refractivity contribution in [2.45, 2.75) is 31.3 Å². The summed E-state index contributed by atoms with van der Waals surface area (Å²) in [6.45, 7) is 4.91. The molecular weight excluding hydrogens is 406 g/mol. The lowest BCUT2D eigenvalue weighted by molar-refractivity contribution is -0.396. The molecule has 0 aliphatic carbocycles. The molecule has 0 saturated heterocycles. The predicted molar refractivity (Wildman–Crippen MR) is 102 cm³/mol. The lowest BCUT2D eigenvalue weighted by Crippen LogP contribution is -2.25. The van der Waals surface area contributed by atoms with Crippen molar-refractivity contribution in [1.29, 1.82) is 0 Å². The third-order valence-electron chi connectivity index (χ3n) is 3.43. The zero-order valence-corrected chi connectivity index (χ0v) is 16.4. The third-order valence-corrected chi connectivity index (χ3v) is 4.84. The molecule has 11 nitrogen and oxygen atoms in total. The summed E-state index contributed by atoms with van der Waals surface area (Å²) in [7, 11) is -4.55. The van der Waals surface area contributed by atoms with Gasteiger partial charge < -0.3 is 4.74 Å². The molecule has 2 aromatic carbocycles. The van der Waals surface area contributed by atoms with Crippen LogP contribution in [-0.4, -0.2) is 29.8 Å². The number of sulfonamides is 1. The van der Waals surface area contributed by atoms with E-state index in [2.05, 4.69) is 4.72 Å². The second-order valence-corrected chi connectivity index (χ2v) is 8.47. The standard InChI is InChI=1S/C17H17N3O8S/c1-17(2,3)28-16(21)12-6-4-5-7-13(12)18-29(26,27)15-9-8-11(19(22)23)10-14(15)20(24)25/h4-10,18H,1-3H3. The van der Waals surface area contributed by atoms with Crippen LogP contribution in [0.2, 0.25) is 0 Å². The van der Waals surface area contributed by atoms with Crippen molar-refractivity contribution >= 4 is 33.1 Å². The first-order valence-electron chi connectivity index (χ1n) is 8.10. The van der Waals surface area contributed by atoms with Gasteiger partial charge in [0, 0.05) is 6.07 Å². The summed E-state index contributed by atoms with van der Waals surface area (Å²) in [5.74, 6) is -0.797. The van der Waals surface area contributed by atoms with Gasteiger partial charge in [-0.05, 0) is 39.0 Å². The summed E-state index contributed by atoms with van der Waals surface area (Å²) in [6, 6.07) is 7.70. The number of ether oxygens (including phenoxy) is 1. The van der Waals surface area contributed by atoms with Gasteiger partial charge in [0.05, 0.1) is 27.2 Å². The van der Waals surface area contributed by atoms with Crippen LogP contribution in [0.15, 0.2) is 47.4 Å². The number of hydrogen-bond acceptors (Lipinski definition) is 8. The summed E-state index contributed by atoms with van der Waals surface area (Å²) in [6.07, 6.45) is 0. The molecule has 0 atom stereocenters. The van der Waals surface area contributed by atoms with Crippen LogP contribution in [0.1, 0.15) is 31.1 Å². The van der Waals surface area contributed by atoms with Crippen molar-refractivity contribution in [2.24, 2.45) is 0 Å². The third kappa shape index (κ3) is 5.25. The van der Waals surface area contributed by atoms with E-state index in [0.29, 0.717) is 6.07 Å². The minimum Gasteiger partial charge on any atom is -0.456 e. The van der Waals surface area contributed by atoms with Gasteiger partial charge in [-0.15, -0.1) is 0 Å². The van der Waals surface area contributed by atoms with Crippen LogP contribution in [0.3, 0.4) is 0 Å². The normalized spacial score (nSPS) is 11.6. The molecule has 0 radical (unpaired) electrons. The van der Waals surface area contributed by atoms with E-state index >= 15 is 0 Å². The molecule has 0 unspecified atom stereocenters. The van der Waals surface area contributed by atoms with Crippen molar-refractivity contribution in [3.05, 3.63) is 68.3 Å². The minimum absolute atomic E-state index is 0.101. The molecule has 2 rings (SSSR count). The van der Waals surface area contributed by atoms with E-state index in [9.17, 15) is 33.4 Å². The maximum absolute atomic E-state index is 12.7. The molecule has 0 amide bonds. The zero-order valence-electron chi connectivity index (χ0n) is 15.6. The van der Waals surface area contributed by atoms with Gasteiger partial charge in [0.15, 0.2) is 4.90 Å². The first kappa shape index (κ1) is 21.8. The Hall–Kier alpha value is -3.54. The summed E-state index contributed by atoms with van der Waals surface area (Å²) in [5.41, 5.74) is -2.70. The number of rotatable bonds is 6. The molecule has 29 heavy (non-hydrogen) atoms. The Bertz CT molecular complexity index is 1090. The highest BCUT2D eigenvalue weighted by Crippen LogP contribution is 2.30. The summed E-state index contributed by atoms with van der Waals surface area (Å²) in [5, 5.41) is 22.1. The number of benzene rings is 2. The van der Waals surface area contributed by atoms with Crippen LogP contribution in [0.4, 0.5) is 17.1 Å². The van der Waals surface area contributed by atoms with E-state index in [1.54, 1.807) is 20.8 Å². The van der Waals surface area contributed by atoms with Crippen LogP contribution in [-0.2, 0) is 14.8 Å². The fraction of sp³-hybridized carbons (Fsp3) is 0.235. The molecule has 0 heterocycles. The van der Waals surface area contributed by atoms with Gasteiger partial charge in [0.2, 0.25) is 0 Å². The first-order valence-corrected chi connectivity index (χ1v) is 9.58. The lowest BCUT2D eigenvalue weighted by atomic mass is 10.1. The number of non-ortho nitro benzene ring substituents is 1. The van der Waals surface area contributed by atoms with E-state index < -0.39 is 47.7 Å². The average molecular weight is 423 g/mol. The summed E-state index contributed by atoms with van der Waals surface area (Å²) >= 11 is 0. The quantitative estimate of drug-likeness (QED) is 0.421. The molecular formula is C17H17N3O8S. The maximum atomic E-state index is 12.7. The SMILES string of the molecule is CC(C)(C)OC(=O)c1ccccc1NS(=O)(=O)c1ccc([N+](=O)[O-])cc1[N+](=O)[O-]. The largest absolute Gasteiger partial charge is 0.456 e. The Balaban J connectivity index is 2.49. The number of nitro groups is 2. The van der Waals surface area contributed by atoms with Gasteiger partial charge in [-0.1, -0.05) is 12.1 Å². The molecule has 2 aromatic rings. The van der Waals surface area contributed by atoms with Crippen LogP contribution in [0.25, 0.3) is 0 Å². The van der Waals surface area contributed by atoms with Crippen LogP contribution >= 0.6 is 0 Å². The number of para-hydroxylation sites is 1. The summed E-state index contributed by atoms with van der Waals surface area (Å²) < 4.78 is 32.8. The highest BCUT2D eigenvalue weighted by Gasteiger charge is 2.30. The Morgan fingerprint density at radius 3 is 2.21 bits per heavy atom. The van der Waals surface area contributed by atoms with Gasteiger partial charge in [-0.2, -0.15) is 0 Å². The van der Waals surface area contributed by atoms with E-state index in [1.807, 2.05) is 0 Å². The Morgan fingerprint density at radius 2 is 1.66 bits per heavy atom. The smallest absolute Gasteiger partial charge is 0.340 e. The van der Waals surface area contributed by atoms with Crippen LogP contribution in [0.5, 0.6) is 0 Å². The Morgan fingerprint density at radius 1 is 1.03 bits per heavy atom. The van der Waals surface area contributed by atoms with Gasteiger partial charge in [-0.3, -0.25) is 25.0 Å². The maximum Gasteiger partial charge on any atom is 0.340 e. The highest BCUT2D eigenvalue weighted by atomic mass is 32.2. The molecule has 0 bridgehead atoms. The number of carbonyl (C=O) groups is 1. The van der Waals surface area contributed by atoms with Gasteiger partial charge in [0.1, 0.15) is 5.60 Å². The number of nitrogens with one attached hydrogen (secondary N) is 1. The number of nitrogens with zero attached hydrogens (tertiary/aromatic N) is 2. The molecule has 154 valence electrons. The number of carbonyl (C=O) groups excluding carboxylic acids is 1. The fourth-order valence-electron chi connectivity index (χ4n) is 2.27. The van der Waals surface area contributed by atoms with Gasteiger partial charge in [-0.25, -0.2) is 13.2 Å². The van der Waals surface area contributed by atoms with Crippen molar-refractivity contribution in [3.8, 4) is 0 Å². The monoisotopic (exact) mass is 423 g/mol. The molecule has 0 aliphatic rings. The van der Waals surface area contributed by atoms with E-state index in [0.717, 1.165) is 12.1 Å². The molecule has 0 saturated carbocycles. The van der Waals surface area contributed by atoms with Gasteiger partial charge in [0.25, 0.3) is 21.4 Å². The van der Waals surface area contributed by atoms with Crippen LogP contribution < -0.4 is 4.72 Å². The van der Waals surface area contributed by atoms with Crippen LogP contribution in [0, 0.1) is 20.2 Å². The second-order valence-electron chi connectivity index (χ2n) is 6.82. The average Bonchev–Trinajstić information content (AvgIpc) is 2.59. The molecule has 1 N–H and O–H groups in total. The lowest BCUT2D eigenvalue weighted by Gasteiger charge is -2.20. The minimum atomic E-state index is -4.55. The summed E-state index contributed by atoms with van der Waals surface area (Å²) in [4.78, 5) is 31.7. The molecule has 0 spiro atoms. The van der Waals surface area contributed by atoms with Crippen molar-refractivity contribution in [1.82, 2.24) is 0 Å². The number of hydrogen-bond donors (Lipinski definition) is 1. The number of esters is 1. The van der Waals surface area contributed by atoms with Crippen molar-refractivity contribution in [3.63, 3.8) is 0 Å². The Labute approximate surface area is 165 Å². The van der Waals surface area contributed by atoms with Gasteiger partial charge >= 0.3 is 5.97 Å². The molecule has 0 aliphatic heterocycles. The van der Waals surface area contributed by atoms with Crippen molar-refractivity contribution in [2.75, 3.05) is 4.72 Å². The van der Waals surface area contributed by atoms with E-state index in [-0.39, 0.29) is 11.3 Å². The highest BCUT2D eigenvalue weighted by molar-refractivity contribution is 7.92. The van der Waals surface area contributed by atoms with E-state index in [4.69, 9.17) is 4.74 Å². The number of anilines is 1. The predicted octanol–water partition coefficient (Wildman–Crippen LogP) is 3.26. The van der Waals surface area contributed by atoms with Crippen molar-refractivity contribution < 1.29 is 27.8 Å². The zero-order chi connectivity index (χ0) is 22.0. The topological polar surface area (TPSA) is 159 Å². The fourth-order valence-corrected chi connectivity index (χ4v) is 3.51. The Kier molecular flexibility index (Phi) is 5.88. The number of nitro benzene ring substituents is 2. The van der Waals surface area contributed by atoms with E-state index in [1.165, 1.54) is 24.3 Å². The molecule has 0 aromatic heterocycles. The molecule has 12 heteroatoms.